The number of para-hydroxylation sites is 1. The number of piperidine rings is 1. The normalized spacial score (nSPS) is 24.2. The maximum Gasteiger partial charge on any atom is 0.227 e. The molecule has 1 amide bonds. The summed E-state index contributed by atoms with van der Waals surface area (Å²) in [6.45, 7) is 4.14. The van der Waals surface area contributed by atoms with Crippen LogP contribution in [0.25, 0.3) is 10.9 Å². The molecule has 2 saturated heterocycles. The lowest BCUT2D eigenvalue weighted by atomic mass is 9.97. The molecular weight excluding hydrogens is 272 g/mol. The second kappa shape index (κ2) is 5.01. The van der Waals surface area contributed by atoms with Gasteiger partial charge in [0.2, 0.25) is 5.91 Å². The number of aryl methyl sites for hydroxylation is 1. The summed E-state index contributed by atoms with van der Waals surface area (Å²) in [5, 5.41) is 1.20. The van der Waals surface area contributed by atoms with Crippen molar-refractivity contribution in [3.05, 3.63) is 48.2 Å². The van der Waals surface area contributed by atoms with Crippen LogP contribution in [0.5, 0.6) is 0 Å². The Bertz CT molecular complexity index is 742. The molecule has 22 heavy (non-hydrogen) atoms. The number of fused-ring (bicyclic) bond motifs is 3. The first-order valence-corrected chi connectivity index (χ1v) is 8.14. The van der Waals surface area contributed by atoms with E-state index in [2.05, 4.69) is 34.4 Å². The molecular formula is C19H22N2O. The monoisotopic (exact) mass is 294 g/mol. The third kappa shape index (κ3) is 2.07. The van der Waals surface area contributed by atoms with E-state index in [4.69, 9.17) is 0 Å². The predicted octanol–water partition coefficient (Wildman–Crippen LogP) is 3.43. The van der Waals surface area contributed by atoms with Crippen LogP contribution in [0.15, 0.2) is 42.6 Å². The van der Waals surface area contributed by atoms with E-state index in [1.807, 2.05) is 19.2 Å². The molecule has 2 fully saturated rings. The predicted molar refractivity (Wildman–Crippen MR) is 88.7 cm³/mol. The highest BCUT2D eigenvalue weighted by Crippen LogP contribution is 2.38. The maximum absolute atomic E-state index is 12.9. The molecule has 2 unspecified atom stereocenters. The fraction of sp³-hybridized carbons (Fsp3) is 0.421. The van der Waals surface area contributed by atoms with Crippen molar-refractivity contribution in [3.8, 4) is 0 Å². The molecule has 0 saturated carbocycles. The van der Waals surface area contributed by atoms with Gasteiger partial charge >= 0.3 is 0 Å². The van der Waals surface area contributed by atoms with Gasteiger partial charge in [-0.25, -0.2) is 0 Å². The quantitative estimate of drug-likeness (QED) is 0.779. The first-order chi connectivity index (χ1) is 10.6. The Morgan fingerprint density at radius 2 is 1.91 bits per heavy atom. The number of benzene rings is 1. The summed E-state index contributed by atoms with van der Waals surface area (Å²) in [5.41, 5.74) is 3.66. The fourth-order valence-electron chi connectivity index (χ4n) is 4.34. The smallest absolute Gasteiger partial charge is 0.227 e. The number of hydrogen-bond donors (Lipinski definition) is 0. The number of nitrogens with zero attached hydrogens (tertiary/aromatic N) is 2. The van der Waals surface area contributed by atoms with Crippen molar-refractivity contribution < 1.29 is 4.79 Å². The molecule has 2 aliphatic rings. The molecule has 4 rings (SSSR count). The fourth-order valence-corrected chi connectivity index (χ4v) is 4.34. The van der Waals surface area contributed by atoms with Crippen molar-refractivity contribution in [2.75, 3.05) is 0 Å². The first kappa shape index (κ1) is 13.6. The summed E-state index contributed by atoms with van der Waals surface area (Å²) in [4.78, 5) is 15.0. The second-order valence-corrected chi connectivity index (χ2v) is 6.80. The average Bonchev–Trinajstić information content (AvgIpc) is 2.95. The van der Waals surface area contributed by atoms with E-state index in [-0.39, 0.29) is 5.91 Å². The van der Waals surface area contributed by atoms with Gasteiger partial charge in [0.1, 0.15) is 0 Å². The topological polar surface area (TPSA) is 25.2 Å². The molecule has 2 aliphatic heterocycles. The van der Waals surface area contributed by atoms with Gasteiger partial charge in [-0.3, -0.25) is 4.79 Å². The first-order valence-electron chi connectivity index (χ1n) is 8.14. The summed E-state index contributed by atoms with van der Waals surface area (Å²) in [6, 6.07) is 9.11. The van der Waals surface area contributed by atoms with E-state index >= 15 is 0 Å². The van der Waals surface area contributed by atoms with Crippen molar-refractivity contribution in [1.82, 2.24) is 9.47 Å². The number of carbonyl (C=O) groups is 1. The van der Waals surface area contributed by atoms with Gasteiger partial charge in [0.05, 0.1) is 6.42 Å². The Morgan fingerprint density at radius 1 is 1.23 bits per heavy atom. The Hall–Kier alpha value is -2.03. The summed E-state index contributed by atoms with van der Waals surface area (Å²) >= 11 is 0. The summed E-state index contributed by atoms with van der Waals surface area (Å²) in [5.74, 6) is 0.288. The molecule has 1 aromatic carbocycles. The van der Waals surface area contributed by atoms with Crippen molar-refractivity contribution in [1.29, 1.82) is 0 Å². The third-order valence-electron chi connectivity index (χ3n) is 5.28. The molecule has 2 bridgehead atoms. The lowest BCUT2D eigenvalue weighted by Gasteiger charge is -2.36. The Balaban J connectivity index is 1.61. The van der Waals surface area contributed by atoms with Crippen LogP contribution in [0, 0.1) is 0 Å². The molecule has 114 valence electrons. The molecule has 2 aromatic rings. The summed E-state index contributed by atoms with van der Waals surface area (Å²) < 4.78 is 2.12. The molecule has 3 nitrogen and oxygen atoms in total. The average molecular weight is 294 g/mol. The van der Waals surface area contributed by atoms with Crippen LogP contribution in [0.4, 0.5) is 0 Å². The van der Waals surface area contributed by atoms with Gasteiger partial charge in [-0.05, 0) is 37.3 Å². The highest BCUT2D eigenvalue weighted by Gasteiger charge is 2.40. The molecule has 1 aromatic heterocycles. The van der Waals surface area contributed by atoms with Gasteiger partial charge in [0.25, 0.3) is 0 Å². The van der Waals surface area contributed by atoms with Crippen LogP contribution in [-0.4, -0.2) is 27.5 Å². The SMILES string of the molecule is C=C1CC2CCC(C1)N2C(=O)Cc1cn(C)c2ccccc12. The van der Waals surface area contributed by atoms with Crippen LogP contribution in [-0.2, 0) is 18.3 Å². The van der Waals surface area contributed by atoms with E-state index in [0.717, 1.165) is 31.2 Å². The van der Waals surface area contributed by atoms with E-state index < -0.39 is 0 Å². The third-order valence-corrected chi connectivity index (χ3v) is 5.28. The zero-order valence-corrected chi connectivity index (χ0v) is 13.1. The van der Waals surface area contributed by atoms with Gasteiger partial charge < -0.3 is 9.47 Å². The van der Waals surface area contributed by atoms with Crippen molar-refractivity contribution in [2.45, 2.75) is 44.2 Å². The molecule has 3 heteroatoms. The number of hydrogen-bond acceptors (Lipinski definition) is 1. The largest absolute Gasteiger partial charge is 0.350 e. The van der Waals surface area contributed by atoms with E-state index in [9.17, 15) is 4.79 Å². The number of amides is 1. The molecule has 0 radical (unpaired) electrons. The van der Waals surface area contributed by atoms with Crippen LogP contribution in [0.2, 0.25) is 0 Å². The summed E-state index contributed by atoms with van der Waals surface area (Å²) in [6.07, 6.45) is 6.90. The Morgan fingerprint density at radius 3 is 2.64 bits per heavy atom. The Kier molecular flexibility index (Phi) is 3.10. The van der Waals surface area contributed by atoms with Gasteiger partial charge in [-0.2, -0.15) is 0 Å². The highest BCUT2D eigenvalue weighted by atomic mass is 16.2. The molecule has 0 N–H and O–H groups in total. The molecule has 0 aliphatic carbocycles. The highest BCUT2D eigenvalue weighted by molar-refractivity contribution is 5.89. The van der Waals surface area contributed by atoms with E-state index in [1.54, 1.807) is 0 Å². The summed E-state index contributed by atoms with van der Waals surface area (Å²) in [7, 11) is 2.05. The minimum Gasteiger partial charge on any atom is -0.350 e. The minimum atomic E-state index is 0.288. The maximum atomic E-state index is 12.9. The van der Waals surface area contributed by atoms with Crippen LogP contribution < -0.4 is 0 Å². The second-order valence-electron chi connectivity index (χ2n) is 6.80. The lowest BCUT2D eigenvalue weighted by molar-refractivity contribution is -0.134. The molecule has 3 heterocycles. The number of aromatic nitrogens is 1. The zero-order chi connectivity index (χ0) is 15.3. The van der Waals surface area contributed by atoms with Gasteiger partial charge in [-0.15, -0.1) is 0 Å². The van der Waals surface area contributed by atoms with Crippen molar-refractivity contribution >= 4 is 16.8 Å². The van der Waals surface area contributed by atoms with Crippen molar-refractivity contribution in [3.63, 3.8) is 0 Å². The minimum absolute atomic E-state index is 0.288. The van der Waals surface area contributed by atoms with E-state index in [1.165, 1.54) is 16.5 Å². The standard InChI is InChI=1S/C19H22N2O/c1-13-9-15-7-8-16(10-13)21(15)19(22)11-14-12-20(2)18-6-4-3-5-17(14)18/h3-6,12,15-16H,1,7-11H2,2H3. The zero-order valence-electron chi connectivity index (χ0n) is 13.1. The number of carbonyl (C=O) groups excluding carboxylic acids is 1. The molecule has 2 atom stereocenters. The Labute approximate surface area is 131 Å². The molecule has 0 spiro atoms. The lowest BCUT2D eigenvalue weighted by Crippen LogP contribution is -2.45. The number of rotatable bonds is 2. The van der Waals surface area contributed by atoms with Crippen LogP contribution in [0.1, 0.15) is 31.2 Å². The van der Waals surface area contributed by atoms with Crippen LogP contribution in [0.3, 0.4) is 0 Å². The van der Waals surface area contributed by atoms with Gasteiger partial charge in [0.15, 0.2) is 0 Å². The van der Waals surface area contributed by atoms with Gasteiger partial charge in [-0.1, -0.05) is 30.4 Å². The van der Waals surface area contributed by atoms with E-state index in [0.29, 0.717) is 18.5 Å². The van der Waals surface area contributed by atoms with Crippen LogP contribution >= 0.6 is 0 Å². The van der Waals surface area contributed by atoms with Gasteiger partial charge in [0, 0.05) is 36.2 Å². The van der Waals surface area contributed by atoms with Crippen molar-refractivity contribution in [2.24, 2.45) is 7.05 Å².